The Bertz CT molecular complexity index is 320. The molecule has 0 spiro atoms. The molecule has 0 saturated carbocycles. The highest BCUT2D eigenvalue weighted by molar-refractivity contribution is 5.35. The molecule has 16 heavy (non-hydrogen) atoms. The summed E-state index contributed by atoms with van der Waals surface area (Å²) >= 11 is 0. The first-order valence-electron chi connectivity index (χ1n) is 5.99. The van der Waals surface area contributed by atoms with Gasteiger partial charge in [0.25, 0.3) is 0 Å². The van der Waals surface area contributed by atoms with Crippen molar-refractivity contribution in [1.82, 2.24) is 0 Å². The van der Waals surface area contributed by atoms with Gasteiger partial charge in [0, 0.05) is 5.56 Å². The van der Waals surface area contributed by atoms with Crippen LogP contribution < -0.4 is 4.74 Å². The molecule has 1 aromatic rings. The lowest BCUT2D eigenvalue weighted by atomic mass is 9.95. The summed E-state index contributed by atoms with van der Waals surface area (Å²) in [5.41, 5.74) is 0.894. The van der Waals surface area contributed by atoms with Gasteiger partial charge in [-0.1, -0.05) is 38.5 Å². The third-order valence-corrected chi connectivity index (χ3v) is 2.78. The van der Waals surface area contributed by atoms with E-state index in [1.54, 1.807) is 0 Å². The molecule has 0 radical (unpaired) electrons. The third-order valence-electron chi connectivity index (χ3n) is 2.78. The molecule has 2 heteroatoms. The lowest BCUT2D eigenvalue weighted by molar-refractivity contribution is 0.109. The maximum absolute atomic E-state index is 10.2. The molecular weight excluding hydrogens is 200 g/mol. The van der Waals surface area contributed by atoms with Gasteiger partial charge in [-0.15, -0.1) is 0 Å². The van der Waals surface area contributed by atoms with E-state index in [4.69, 9.17) is 4.74 Å². The quantitative estimate of drug-likeness (QED) is 0.825. The molecule has 2 nitrogen and oxygen atoms in total. The second-order valence-corrected chi connectivity index (χ2v) is 4.53. The molecule has 0 bridgehead atoms. The van der Waals surface area contributed by atoms with E-state index >= 15 is 0 Å². The maximum Gasteiger partial charge on any atom is 0.125 e. The number of rotatable bonds is 5. The predicted molar refractivity (Wildman–Crippen MR) is 66.6 cm³/mol. The number of hydrogen-bond donors (Lipinski definition) is 1. The molecule has 0 aromatic heterocycles. The van der Waals surface area contributed by atoms with Crippen LogP contribution in [0.3, 0.4) is 0 Å². The summed E-state index contributed by atoms with van der Waals surface area (Å²) in [6.45, 7) is 8.12. The van der Waals surface area contributed by atoms with Crippen LogP contribution in [-0.4, -0.2) is 11.2 Å². The molecule has 0 aliphatic heterocycles. The summed E-state index contributed by atoms with van der Waals surface area (Å²) in [5.74, 6) is 1.04. The van der Waals surface area contributed by atoms with Crippen LogP contribution in [0, 0.1) is 5.92 Å². The highest BCUT2D eigenvalue weighted by Crippen LogP contribution is 2.31. The van der Waals surface area contributed by atoms with Crippen molar-refractivity contribution in [2.75, 3.05) is 0 Å². The lowest BCUT2D eigenvalue weighted by Gasteiger charge is -2.21. The number of hydrogen-bond acceptors (Lipinski definition) is 2. The largest absolute Gasteiger partial charge is 0.491 e. The summed E-state index contributed by atoms with van der Waals surface area (Å²) in [6, 6.07) is 7.73. The van der Waals surface area contributed by atoms with Gasteiger partial charge in [0.15, 0.2) is 0 Å². The monoisotopic (exact) mass is 222 g/mol. The molecular formula is C14H22O2. The van der Waals surface area contributed by atoms with Crippen LogP contribution in [0.5, 0.6) is 5.75 Å². The van der Waals surface area contributed by atoms with Gasteiger partial charge in [-0.25, -0.2) is 0 Å². The summed E-state index contributed by atoms with van der Waals surface area (Å²) < 4.78 is 5.70. The van der Waals surface area contributed by atoms with E-state index in [0.717, 1.165) is 17.7 Å². The van der Waals surface area contributed by atoms with Gasteiger partial charge in [-0.3, -0.25) is 0 Å². The van der Waals surface area contributed by atoms with E-state index in [1.165, 1.54) is 0 Å². The van der Waals surface area contributed by atoms with E-state index in [9.17, 15) is 5.11 Å². The van der Waals surface area contributed by atoms with Crippen molar-refractivity contribution in [3.8, 4) is 5.75 Å². The minimum Gasteiger partial charge on any atom is -0.491 e. The van der Waals surface area contributed by atoms with Crippen LogP contribution in [-0.2, 0) is 0 Å². The Hall–Kier alpha value is -1.02. The molecule has 2 unspecified atom stereocenters. The Labute approximate surface area is 98.3 Å². The van der Waals surface area contributed by atoms with E-state index in [0.29, 0.717) is 0 Å². The van der Waals surface area contributed by atoms with Gasteiger partial charge in [0.05, 0.1) is 12.2 Å². The highest BCUT2D eigenvalue weighted by atomic mass is 16.5. The van der Waals surface area contributed by atoms with E-state index in [1.807, 2.05) is 38.1 Å². The number of benzene rings is 1. The number of aliphatic hydroxyl groups is 1. The van der Waals surface area contributed by atoms with Crippen LogP contribution in [0.1, 0.15) is 45.8 Å². The number of para-hydroxylation sites is 1. The third kappa shape index (κ3) is 3.24. The Morgan fingerprint density at radius 2 is 1.81 bits per heavy atom. The Balaban J connectivity index is 2.93. The molecule has 0 amide bonds. The second kappa shape index (κ2) is 5.90. The topological polar surface area (TPSA) is 29.5 Å². The van der Waals surface area contributed by atoms with Crippen molar-refractivity contribution < 1.29 is 9.84 Å². The molecule has 90 valence electrons. The van der Waals surface area contributed by atoms with Crippen molar-refractivity contribution in [3.05, 3.63) is 29.8 Å². The van der Waals surface area contributed by atoms with Gasteiger partial charge in [-0.2, -0.15) is 0 Å². The zero-order valence-electron chi connectivity index (χ0n) is 10.6. The molecule has 0 fully saturated rings. The van der Waals surface area contributed by atoms with Crippen molar-refractivity contribution >= 4 is 0 Å². The van der Waals surface area contributed by atoms with Gasteiger partial charge in [0.2, 0.25) is 0 Å². The molecule has 2 atom stereocenters. The van der Waals surface area contributed by atoms with Crippen molar-refractivity contribution in [2.45, 2.75) is 46.3 Å². The highest BCUT2D eigenvalue weighted by Gasteiger charge is 2.18. The predicted octanol–water partition coefficient (Wildman–Crippen LogP) is 3.55. The van der Waals surface area contributed by atoms with Crippen molar-refractivity contribution in [1.29, 1.82) is 0 Å². The first kappa shape index (κ1) is 13.0. The molecule has 1 N–H and O–H groups in total. The molecule has 1 aromatic carbocycles. The number of ether oxygens (including phenoxy) is 1. The minimum absolute atomic E-state index is 0.130. The standard InChI is InChI=1S/C14H22O2/c1-5-11(4)14(15)12-8-6-7-9-13(12)16-10(2)3/h6-11,14-15H,5H2,1-4H3. The summed E-state index contributed by atoms with van der Waals surface area (Å²) in [6.07, 6.45) is 0.641. The average molecular weight is 222 g/mol. The summed E-state index contributed by atoms with van der Waals surface area (Å²) in [4.78, 5) is 0. The van der Waals surface area contributed by atoms with Gasteiger partial charge >= 0.3 is 0 Å². The Kier molecular flexibility index (Phi) is 4.81. The lowest BCUT2D eigenvalue weighted by Crippen LogP contribution is -2.13. The van der Waals surface area contributed by atoms with E-state index < -0.39 is 6.10 Å². The van der Waals surface area contributed by atoms with Crippen LogP contribution in [0.2, 0.25) is 0 Å². The normalized spacial score (nSPS) is 14.9. The summed E-state index contributed by atoms with van der Waals surface area (Å²) in [5, 5.41) is 10.2. The van der Waals surface area contributed by atoms with Crippen LogP contribution >= 0.6 is 0 Å². The first-order chi connectivity index (χ1) is 7.56. The summed E-state index contributed by atoms with van der Waals surface area (Å²) in [7, 11) is 0. The smallest absolute Gasteiger partial charge is 0.125 e. The van der Waals surface area contributed by atoms with E-state index in [-0.39, 0.29) is 12.0 Å². The SMILES string of the molecule is CCC(C)C(O)c1ccccc1OC(C)C. The van der Waals surface area contributed by atoms with Gasteiger partial charge < -0.3 is 9.84 Å². The molecule has 1 rings (SSSR count). The van der Waals surface area contributed by atoms with Crippen LogP contribution in [0.25, 0.3) is 0 Å². The zero-order valence-corrected chi connectivity index (χ0v) is 10.6. The Morgan fingerprint density at radius 3 is 2.38 bits per heavy atom. The molecule has 0 saturated heterocycles. The van der Waals surface area contributed by atoms with Crippen LogP contribution in [0.15, 0.2) is 24.3 Å². The fourth-order valence-electron chi connectivity index (χ4n) is 1.62. The van der Waals surface area contributed by atoms with Crippen molar-refractivity contribution in [2.24, 2.45) is 5.92 Å². The first-order valence-corrected chi connectivity index (χ1v) is 5.99. The minimum atomic E-state index is -0.444. The van der Waals surface area contributed by atoms with Gasteiger partial charge in [-0.05, 0) is 25.8 Å². The molecule has 0 aliphatic carbocycles. The van der Waals surface area contributed by atoms with Crippen molar-refractivity contribution in [3.63, 3.8) is 0 Å². The molecule has 0 aliphatic rings. The zero-order chi connectivity index (χ0) is 12.1. The maximum atomic E-state index is 10.2. The van der Waals surface area contributed by atoms with Crippen LogP contribution in [0.4, 0.5) is 0 Å². The second-order valence-electron chi connectivity index (χ2n) is 4.53. The van der Waals surface area contributed by atoms with Gasteiger partial charge in [0.1, 0.15) is 5.75 Å². The number of aliphatic hydroxyl groups excluding tert-OH is 1. The fraction of sp³-hybridized carbons (Fsp3) is 0.571. The Morgan fingerprint density at radius 1 is 1.19 bits per heavy atom. The fourth-order valence-corrected chi connectivity index (χ4v) is 1.62. The van der Waals surface area contributed by atoms with E-state index in [2.05, 4.69) is 13.8 Å². The molecule has 0 heterocycles. The average Bonchev–Trinajstić information content (AvgIpc) is 2.27.